The highest BCUT2D eigenvalue weighted by atomic mass is 31.2. The van der Waals surface area contributed by atoms with E-state index in [0.29, 0.717) is 12.8 Å². The van der Waals surface area contributed by atoms with Crippen molar-refractivity contribution in [2.75, 3.05) is 19.9 Å². The molecule has 136 valence electrons. The summed E-state index contributed by atoms with van der Waals surface area (Å²) < 4.78 is 25.6. The zero-order valence-corrected chi connectivity index (χ0v) is 15.0. The van der Waals surface area contributed by atoms with Crippen molar-refractivity contribution < 1.29 is 37.4 Å². The van der Waals surface area contributed by atoms with Crippen LogP contribution >= 0.6 is 7.75 Å². The van der Waals surface area contributed by atoms with Gasteiger partial charge in [0, 0.05) is 13.8 Å². The summed E-state index contributed by atoms with van der Waals surface area (Å²) in [4.78, 5) is 26.7. The highest BCUT2D eigenvalue weighted by molar-refractivity contribution is 7.47. The van der Waals surface area contributed by atoms with E-state index in [1.54, 1.807) is 0 Å². The number of hydroxylamine groups is 2. The van der Waals surface area contributed by atoms with Gasteiger partial charge in [0.15, 0.2) is 0 Å². The van der Waals surface area contributed by atoms with Gasteiger partial charge in [-0.1, -0.05) is 26.7 Å². The molecule has 0 bridgehead atoms. The van der Waals surface area contributed by atoms with E-state index in [1.165, 1.54) is 0 Å². The highest BCUT2D eigenvalue weighted by Crippen LogP contribution is 2.58. The molecule has 0 aromatic carbocycles. The van der Waals surface area contributed by atoms with Crippen LogP contribution in [0.5, 0.6) is 0 Å². The molecule has 23 heavy (non-hydrogen) atoms. The minimum atomic E-state index is -4.45. The maximum absolute atomic E-state index is 12.9. The van der Waals surface area contributed by atoms with Crippen LogP contribution in [0, 0.1) is 5.21 Å². The first kappa shape index (κ1) is 22.0. The fourth-order valence-electron chi connectivity index (χ4n) is 1.38. The fourth-order valence-corrected chi connectivity index (χ4v) is 2.94. The molecule has 0 rings (SSSR count). The van der Waals surface area contributed by atoms with Gasteiger partial charge in [-0.3, -0.25) is 18.7 Å². The largest absolute Gasteiger partial charge is 0.580 e. The predicted octanol–water partition coefficient (Wildman–Crippen LogP) is 3.04. The monoisotopic (exact) mass is 355 g/mol. The Kier molecular flexibility index (Phi) is 10.3. The van der Waals surface area contributed by atoms with Gasteiger partial charge in [-0.2, -0.15) is 4.57 Å². The molecule has 0 saturated heterocycles. The Morgan fingerprint density at radius 1 is 1.00 bits per heavy atom. The third-order valence-corrected chi connectivity index (χ3v) is 4.54. The molecule has 1 atom stereocenters. The second kappa shape index (κ2) is 10.7. The van der Waals surface area contributed by atoms with Crippen molar-refractivity contribution in [1.29, 1.82) is 0 Å². The second-order valence-electron chi connectivity index (χ2n) is 4.83. The Morgan fingerprint density at radius 2 is 1.48 bits per heavy atom. The smallest absolute Gasteiger partial charge is 0.576 e. The standard InChI is InChI=1S/C13H26NO8P/c1-5-7-9-20-23(18,21-10-8-6-2)14(17,22-13(4)16)11-19-12(3)15/h5-11H2,1-4H3. The van der Waals surface area contributed by atoms with Gasteiger partial charge < -0.3 is 9.94 Å². The Morgan fingerprint density at radius 3 is 1.83 bits per heavy atom. The van der Waals surface area contributed by atoms with Crippen molar-refractivity contribution in [3.8, 4) is 0 Å². The molecule has 1 unspecified atom stereocenters. The van der Waals surface area contributed by atoms with Gasteiger partial charge in [-0.25, -0.2) is 4.79 Å². The second-order valence-corrected chi connectivity index (χ2v) is 6.89. The van der Waals surface area contributed by atoms with Gasteiger partial charge in [0.2, 0.25) is 0 Å². The molecule has 0 fully saturated rings. The molecule has 0 spiro atoms. The third-order valence-electron chi connectivity index (χ3n) is 2.58. The number of rotatable bonds is 12. The zero-order valence-electron chi connectivity index (χ0n) is 14.1. The molecule has 0 aromatic rings. The predicted molar refractivity (Wildman–Crippen MR) is 81.4 cm³/mol. The van der Waals surface area contributed by atoms with Gasteiger partial charge in [0.25, 0.3) is 6.73 Å². The van der Waals surface area contributed by atoms with Gasteiger partial charge in [0.05, 0.1) is 13.2 Å². The first-order valence-corrected chi connectivity index (χ1v) is 9.02. The van der Waals surface area contributed by atoms with E-state index >= 15 is 0 Å². The maximum Gasteiger partial charge on any atom is 0.576 e. The third kappa shape index (κ3) is 7.90. The summed E-state index contributed by atoms with van der Waals surface area (Å²) in [6, 6.07) is 0. The van der Waals surface area contributed by atoms with E-state index in [9.17, 15) is 19.4 Å². The molecule has 0 aliphatic carbocycles. The van der Waals surface area contributed by atoms with E-state index in [2.05, 4.69) is 9.57 Å². The number of unbranched alkanes of at least 4 members (excludes halogenated alkanes) is 2. The summed E-state index contributed by atoms with van der Waals surface area (Å²) >= 11 is 0. The lowest BCUT2D eigenvalue weighted by Gasteiger charge is -2.38. The number of esters is 1. The van der Waals surface area contributed by atoms with Crippen LogP contribution < -0.4 is 0 Å². The van der Waals surface area contributed by atoms with Crippen molar-refractivity contribution in [1.82, 2.24) is 0 Å². The van der Waals surface area contributed by atoms with Crippen LogP contribution in [0.2, 0.25) is 0 Å². The van der Waals surface area contributed by atoms with Crippen LogP contribution in [0.15, 0.2) is 0 Å². The maximum atomic E-state index is 12.9. The molecular weight excluding hydrogens is 329 g/mol. The number of hydrogen-bond donors (Lipinski definition) is 0. The quantitative estimate of drug-likeness (QED) is 0.173. The summed E-state index contributed by atoms with van der Waals surface area (Å²) in [6.45, 7) is 4.78. The first-order chi connectivity index (χ1) is 10.7. The van der Waals surface area contributed by atoms with Crippen LogP contribution in [-0.2, 0) is 32.8 Å². The van der Waals surface area contributed by atoms with Crippen molar-refractivity contribution >= 4 is 19.7 Å². The molecule has 0 aliphatic heterocycles. The van der Waals surface area contributed by atoms with Crippen molar-refractivity contribution in [3.05, 3.63) is 5.21 Å². The van der Waals surface area contributed by atoms with Gasteiger partial charge in [-0.05, 0) is 17.4 Å². The SMILES string of the molecule is CCCCOP(=O)(OCCCC)[N+]([O-])(COC(C)=O)OC(C)=O. The van der Waals surface area contributed by atoms with Crippen LogP contribution in [0.1, 0.15) is 53.4 Å². The van der Waals surface area contributed by atoms with Crippen molar-refractivity contribution in [2.45, 2.75) is 53.4 Å². The number of ether oxygens (including phenoxy) is 1. The highest BCUT2D eigenvalue weighted by Gasteiger charge is 2.51. The van der Waals surface area contributed by atoms with E-state index < -0.39 is 31.0 Å². The van der Waals surface area contributed by atoms with Crippen LogP contribution in [0.3, 0.4) is 0 Å². The van der Waals surface area contributed by atoms with E-state index in [-0.39, 0.29) is 13.2 Å². The van der Waals surface area contributed by atoms with Crippen molar-refractivity contribution in [3.63, 3.8) is 0 Å². The molecule has 0 aromatic heterocycles. The summed E-state index contributed by atoms with van der Waals surface area (Å²) in [6.07, 6.45) is 2.56. The molecule has 0 saturated carbocycles. The normalized spacial score (nSPS) is 14.1. The fraction of sp³-hybridized carbons (Fsp3) is 0.846. The Labute approximate surface area is 136 Å². The zero-order chi connectivity index (χ0) is 17.9. The molecule has 0 N–H and O–H groups in total. The van der Waals surface area contributed by atoms with Crippen LogP contribution in [-0.4, -0.2) is 36.5 Å². The van der Waals surface area contributed by atoms with E-state index in [0.717, 1.165) is 26.7 Å². The number of carbonyl (C=O) groups is 2. The topological polar surface area (TPSA) is 111 Å². The van der Waals surface area contributed by atoms with Gasteiger partial charge >= 0.3 is 19.7 Å². The van der Waals surface area contributed by atoms with Crippen LogP contribution in [0.4, 0.5) is 0 Å². The van der Waals surface area contributed by atoms with Gasteiger partial charge in [-0.15, -0.1) is 0 Å². The lowest BCUT2D eigenvalue weighted by Crippen LogP contribution is -2.44. The average Bonchev–Trinajstić information content (AvgIpc) is 2.45. The number of quaternary nitrogens is 1. The summed E-state index contributed by atoms with van der Waals surface area (Å²) in [7, 11) is -4.45. The minimum Gasteiger partial charge on any atom is -0.580 e. The van der Waals surface area contributed by atoms with E-state index in [4.69, 9.17) is 9.05 Å². The summed E-state index contributed by atoms with van der Waals surface area (Å²) in [5.74, 6) is -1.78. The van der Waals surface area contributed by atoms with Crippen molar-refractivity contribution in [2.24, 2.45) is 0 Å². The molecule has 0 aliphatic rings. The Hall–Kier alpha value is -0.990. The Balaban J connectivity index is 5.34. The van der Waals surface area contributed by atoms with E-state index in [1.807, 2.05) is 13.8 Å². The molecular formula is C13H26NO8P. The molecule has 0 heterocycles. The number of nitrogens with zero attached hydrogens (tertiary/aromatic N) is 1. The number of hydrogen-bond acceptors (Lipinski definition) is 8. The summed E-state index contributed by atoms with van der Waals surface area (Å²) in [5, 5.41) is 12.7. The first-order valence-electron chi connectivity index (χ1n) is 7.53. The van der Waals surface area contributed by atoms with Gasteiger partial charge in [0.1, 0.15) is 0 Å². The lowest BCUT2D eigenvalue weighted by atomic mass is 10.4. The molecule has 0 amide bonds. The lowest BCUT2D eigenvalue weighted by molar-refractivity contribution is -0.973. The molecule has 10 heteroatoms. The van der Waals surface area contributed by atoms with Crippen LogP contribution in [0.25, 0.3) is 0 Å². The molecule has 0 radical (unpaired) electrons. The minimum absolute atomic E-state index is 0.0104. The average molecular weight is 355 g/mol. The number of carbonyl (C=O) groups excluding carboxylic acids is 2. The molecule has 9 nitrogen and oxygen atoms in total. The Bertz CT molecular complexity index is 416. The summed E-state index contributed by atoms with van der Waals surface area (Å²) in [5.41, 5.74) is 0.